The van der Waals surface area contributed by atoms with Crippen molar-refractivity contribution in [3.63, 3.8) is 0 Å². The molecule has 1 aromatic carbocycles. The van der Waals surface area contributed by atoms with Crippen LogP contribution >= 0.6 is 0 Å². The van der Waals surface area contributed by atoms with E-state index in [1.807, 2.05) is 19.1 Å². The average Bonchev–Trinajstić information content (AvgIpc) is 2.94. The molecule has 120 valence electrons. The van der Waals surface area contributed by atoms with Gasteiger partial charge in [0.1, 0.15) is 0 Å². The van der Waals surface area contributed by atoms with Crippen molar-refractivity contribution < 1.29 is 9.53 Å². The van der Waals surface area contributed by atoms with Crippen LogP contribution in [0.25, 0.3) is 10.9 Å². The van der Waals surface area contributed by atoms with Crippen LogP contribution in [0.3, 0.4) is 0 Å². The fraction of sp³-hybridized carbons (Fsp3) is 0.474. The van der Waals surface area contributed by atoms with Gasteiger partial charge in [0.05, 0.1) is 12.7 Å². The Morgan fingerprint density at radius 2 is 2.22 bits per heavy atom. The molecule has 0 saturated carbocycles. The van der Waals surface area contributed by atoms with Crippen molar-refractivity contribution in [3.05, 3.63) is 35.5 Å². The number of hydrogen-bond donors (Lipinski definition) is 1. The summed E-state index contributed by atoms with van der Waals surface area (Å²) < 4.78 is 5.22. The number of nitriles is 1. The van der Waals surface area contributed by atoms with E-state index in [1.165, 1.54) is 16.6 Å². The summed E-state index contributed by atoms with van der Waals surface area (Å²) in [6, 6.07) is 10.6. The molecule has 1 heterocycles. The summed E-state index contributed by atoms with van der Waals surface area (Å²) in [7, 11) is 0. The normalized spacial score (nSPS) is 19.6. The van der Waals surface area contributed by atoms with Crippen LogP contribution in [-0.4, -0.2) is 17.6 Å². The van der Waals surface area contributed by atoms with Crippen LogP contribution in [0.1, 0.15) is 37.9 Å². The van der Waals surface area contributed by atoms with E-state index in [-0.39, 0.29) is 11.9 Å². The lowest BCUT2D eigenvalue weighted by Crippen LogP contribution is -2.41. The summed E-state index contributed by atoms with van der Waals surface area (Å²) in [5.74, 6) is -0.369. The monoisotopic (exact) mass is 310 g/mol. The van der Waals surface area contributed by atoms with Crippen LogP contribution in [0.15, 0.2) is 24.3 Å². The highest BCUT2D eigenvalue weighted by Crippen LogP contribution is 2.42. The number of para-hydroxylation sites is 1. The third-order valence-corrected chi connectivity index (χ3v) is 5.19. The summed E-state index contributed by atoms with van der Waals surface area (Å²) in [6.07, 6.45) is 2.95. The van der Waals surface area contributed by atoms with E-state index < -0.39 is 5.41 Å². The molecule has 1 aliphatic rings. The van der Waals surface area contributed by atoms with Crippen LogP contribution in [0.2, 0.25) is 0 Å². The van der Waals surface area contributed by atoms with Gasteiger partial charge >= 0.3 is 5.97 Å². The first-order chi connectivity index (χ1) is 11.2. The second kappa shape index (κ2) is 6.08. The van der Waals surface area contributed by atoms with Crippen molar-refractivity contribution in [2.24, 2.45) is 11.3 Å². The molecule has 4 nitrogen and oxygen atoms in total. The molecule has 0 spiro atoms. The quantitative estimate of drug-likeness (QED) is 0.874. The fourth-order valence-electron chi connectivity index (χ4n) is 3.88. The van der Waals surface area contributed by atoms with Gasteiger partial charge in [0.2, 0.25) is 0 Å². The maximum Gasteiger partial charge on any atom is 0.326 e. The van der Waals surface area contributed by atoms with E-state index in [0.29, 0.717) is 13.0 Å². The van der Waals surface area contributed by atoms with Crippen molar-refractivity contribution in [2.45, 2.75) is 39.5 Å². The van der Waals surface area contributed by atoms with Crippen molar-refractivity contribution >= 4 is 16.9 Å². The predicted molar refractivity (Wildman–Crippen MR) is 88.8 cm³/mol. The maximum atomic E-state index is 12.5. The van der Waals surface area contributed by atoms with Crippen LogP contribution in [-0.2, 0) is 22.4 Å². The number of esters is 1. The third kappa shape index (κ3) is 2.41. The summed E-state index contributed by atoms with van der Waals surface area (Å²) in [5, 5.41) is 11.0. The Hall–Kier alpha value is -2.28. The molecule has 3 rings (SSSR count). The zero-order chi connectivity index (χ0) is 16.4. The first-order valence-electron chi connectivity index (χ1n) is 8.33. The second-order valence-corrected chi connectivity index (χ2v) is 6.22. The van der Waals surface area contributed by atoms with Crippen molar-refractivity contribution in [2.75, 3.05) is 6.61 Å². The number of H-pyrrole nitrogens is 1. The molecular formula is C19H22N2O2. The number of aryl methyl sites for hydroxylation is 1. The number of aromatic amines is 1. The fourth-order valence-corrected chi connectivity index (χ4v) is 3.88. The van der Waals surface area contributed by atoms with Gasteiger partial charge in [-0.25, -0.2) is 0 Å². The number of rotatable bonds is 4. The molecule has 0 saturated heterocycles. The molecule has 0 radical (unpaired) electrons. The van der Waals surface area contributed by atoms with E-state index in [9.17, 15) is 10.1 Å². The lowest BCUT2D eigenvalue weighted by atomic mass is 9.67. The van der Waals surface area contributed by atoms with Crippen LogP contribution in [0.4, 0.5) is 0 Å². The zero-order valence-corrected chi connectivity index (χ0v) is 13.7. The molecule has 23 heavy (non-hydrogen) atoms. The standard InChI is InChI=1S/C19H22N2O2/c1-3-19(12-20,18(22)23-4-2)13-9-10-15-14-7-5-6-8-16(14)21-17(15)11-13/h5-8,13,21H,3-4,9-11H2,1-2H3. The molecule has 1 aliphatic carbocycles. The highest BCUT2D eigenvalue weighted by Gasteiger charge is 2.47. The first-order valence-corrected chi connectivity index (χ1v) is 8.33. The minimum absolute atomic E-state index is 0.00267. The van der Waals surface area contributed by atoms with Crippen LogP contribution < -0.4 is 0 Å². The van der Waals surface area contributed by atoms with E-state index in [1.54, 1.807) is 6.92 Å². The Morgan fingerprint density at radius 3 is 2.91 bits per heavy atom. The molecule has 4 heteroatoms. The maximum absolute atomic E-state index is 12.5. The van der Waals surface area contributed by atoms with Gasteiger partial charge < -0.3 is 9.72 Å². The average molecular weight is 310 g/mol. The number of benzene rings is 1. The van der Waals surface area contributed by atoms with Gasteiger partial charge in [0.25, 0.3) is 0 Å². The van der Waals surface area contributed by atoms with Gasteiger partial charge in [0, 0.05) is 16.6 Å². The lowest BCUT2D eigenvalue weighted by Gasteiger charge is -2.34. The number of fused-ring (bicyclic) bond motifs is 3. The Bertz CT molecular complexity index is 771. The molecule has 1 N–H and O–H groups in total. The molecule has 0 aliphatic heterocycles. The lowest BCUT2D eigenvalue weighted by molar-refractivity contribution is -0.155. The number of nitrogens with zero attached hydrogens (tertiary/aromatic N) is 1. The number of hydrogen-bond acceptors (Lipinski definition) is 3. The molecule has 1 aromatic heterocycles. The first kappa shape index (κ1) is 15.6. The van der Waals surface area contributed by atoms with Gasteiger partial charge in [-0.1, -0.05) is 25.1 Å². The molecule has 2 unspecified atom stereocenters. The van der Waals surface area contributed by atoms with E-state index >= 15 is 0 Å². The van der Waals surface area contributed by atoms with Gasteiger partial charge in [0.15, 0.2) is 5.41 Å². The minimum atomic E-state index is -1.04. The van der Waals surface area contributed by atoms with Gasteiger partial charge in [-0.2, -0.15) is 5.26 Å². The van der Waals surface area contributed by atoms with Crippen LogP contribution in [0.5, 0.6) is 0 Å². The molecule has 2 atom stereocenters. The summed E-state index contributed by atoms with van der Waals surface area (Å²) in [6.45, 7) is 4.00. The number of carbonyl (C=O) groups excluding carboxylic acids is 1. The molecule has 0 bridgehead atoms. The minimum Gasteiger partial charge on any atom is -0.465 e. The molecule has 2 aromatic rings. The number of nitrogens with one attached hydrogen (secondary N) is 1. The summed E-state index contributed by atoms with van der Waals surface area (Å²) >= 11 is 0. The predicted octanol–water partition coefficient (Wildman–Crippen LogP) is 3.76. The molecular weight excluding hydrogens is 288 g/mol. The Labute approximate surface area is 136 Å². The Kier molecular flexibility index (Phi) is 4.12. The zero-order valence-electron chi connectivity index (χ0n) is 13.7. The van der Waals surface area contributed by atoms with E-state index in [2.05, 4.69) is 23.2 Å². The van der Waals surface area contributed by atoms with Crippen molar-refractivity contribution in [3.8, 4) is 6.07 Å². The van der Waals surface area contributed by atoms with Gasteiger partial charge in [-0.15, -0.1) is 0 Å². The van der Waals surface area contributed by atoms with Crippen LogP contribution in [0, 0.1) is 22.7 Å². The van der Waals surface area contributed by atoms with Crippen molar-refractivity contribution in [1.29, 1.82) is 5.26 Å². The highest BCUT2D eigenvalue weighted by molar-refractivity contribution is 5.85. The van der Waals surface area contributed by atoms with Crippen molar-refractivity contribution in [1.82, 2.24) is 4.98 Å². The third-order valence-electron chi connectivity index (χ3n) is 5.19. The Balaban J connectivity index is 1.96. The summed E-state index contributed by atoms with van der Waals surface area (Å²) in [4.78, 5) is 15.9. The smallest absolute Gasteiger partial charge is 0.326 e. The van der Waals surface area contributed by atoms with E-state index in [0.717, 1.165) is 24.8 Å². The Morgan fingerprint density at radius 1 is 1.43 bits per heavy atom. The number of aromatic nitrogens is 1. The van der Waals surface area contributed by atoms with E-state index in [4.69, 9.17) is 4.74 Å². The summed E-state index contributed by atoms with van der Waals surface area (Å²) in [5.41, 5.74) is 2.60. The van der Waals surface area contributed by atoms with Gasteiger partial charge in [-0.05, 0) is 50.2 Å². The largest absolute Gasteiger partial charge is 0.465 e. The number of carbonyl (C=O) groups is 1. The SMILES string of the molecule is CCOC(=O)C(C#N)(CC)C1CCc2c([nH]c3ccccc23)C1. The number of ether oxygens (including phenoxy) is 1. The topological polar surface area (TPSA) is 65.9 Å². The second-order valence-electron chi connectivity index (χ2n) is 6.22. The molecule has 0 amide bonds. The van der Waals surface area contributed by atoms with Gasteiger partial charge in [-0.3, -0.25) is 4.79 Å². The highest BCUT2D eigenvalue weighted by atomic mass is 16.5. The molecule has 0 fully saturated rings.